The standard InChI is InChI=1S/C18H36N2O3S/c1-4-5-6-7-8-9-10-11-12-13-16-24(21,22)23-18(2)20-15-14-19(3)17-20/h14-15,18H,4-13,16-17H2,1-3H3. The molecule has 0 saturated heterocycles. The highest BCUT2D eigenvalue weighted by atomic mass is 32.2. The van der Waals surface area contributed by atoms with E-state index < -0.39 is 16.3 Å². The lowest BCUT2D eigenvalue weighted by Crippen LogP contribution is -2.34. The van der Waals surface area contributed by atoms with Crippen LogP contribution >= 0.6 is 0 Å². The molecule has 0 bridgehead atoms. The molecule has 1 unspecified atom stereocenters. The Labute approximate surface area is 149 Å². The quantitative estimate of drug-likeness (QED) is 0.342. The fourth-order valence-corrected chi connectivity index (χ4v) is 4.06. The molecule has 0 spiro atoms. The van der Waals surface area contributed by atoms with Crippen molar-refractivity contribution in [2.75, 3.05) is 19.5 Å². The Morgan fingerprint density at radius 3 is 2.00 bits per heavy atom. The van der Waals surface area contributed by atoms with E-state index in [1.807, 2.05) is 29.2 Å². The lowest BCUT2D eigenvalue weighted by atomic mass is 10.1. The molecule has 0 amide bonds. The molecule has 0 aliphatic carbocycles. The first kappa shape index (κ1) is 21.3. The van der Waals surface area contributed by atoms with Gasteiger partial charge >= 0.3 is 0 Å². The lowest BCUT2D eigenvalue weighted by molar-refractivity contribution is 0.0720. The summed E-state index contributed by atoms with van der Waals surface area (Å²) in [4.78, 5) is 3.85. The number of unbranched alkanes of at least 4 members (excludes halogenated alkanes) is 9. The second kappa shape index (κ2) is 11.7. The molecular formula is C18H36N2O3S. The van der Waals surface area contributed by atoms with Crippen LogP contribution in [-0.4, -0.2) is 43.9 Å². The zero-order chi connectivity index (χ0) is 17.8. The van der Waals surface area contributed by atoms with Crippen LogP contribution in [0.5, 0.6) is 0 Å². The first-order valence-electron chi connectivity index (χ1n) is 9.50. The Morgan fingerprint density at radius 2 is 1.50 bits per heavy atom. The van der Waals surface area contributed by atoms with Gasteiger partial charge in [-0.15, -0.1) is 0 Å². The van der Waals surface area contributed by atoms with Crippen LogP contribution < -0.4 is 0 Å². The molecule has 1 aliphatic rings. The van der Waals surface area contributed by atoms with Gasteiger partial charge in [0.15, 0.2) is 0 Å². The monoisotopic (exact) mass is 360 g/mol. The molecule has 1 heterocycles. The third-order valence-electron chi connectivity index (χ3n) is 4.40. The molecule has 142 valence electrons. The molecule has 1 aliphatic heterocycles. The third kappa shape index (κ3) is 9.52. The van der Waals surface area contributed by atoms with Crippen molar-refractivity contribution in [3.63, 3.8) is 0 Å². The Hall–Kier alpha value is -0.750. The second-order valence-corrected chi connectivity index (χ2v) is 8.57. The van der Waals surface area contributed by atoms with Crippen molar-refractivity contribution in [1.29, 1.82) is 0 Å². The molecule has 0 fully saturated rings. The van der Waals surface area contributed by atoms with Crippen LogP contribution in [0, 0.1) is 0 Å². The minimum absolute atomic E-state index is 0.126. The molecule has 1 atom stereocenters. The molecule has 1 rings (SSSR count). The largest absolute Gasteiger partial charge is 0.362 e. The van der Waals surface area contributed by atoms with Crippen LogP contribution in [0.2, 0.25) is 0 Å². The molecule has 0 N–H and O–H groups in total. The van der Waals surface area contributed by atoms with Gasteiger partial charge in [0, 0.05) is 19.4 Å². The van der Waals surface area contributed by atoms with E-state index >= 15 is 0 Å². The highest BCUT2D eigenvalue weighted by molar-refractivity contribution is 7.86. The molecule has 24 heavy (non-hydrogen) atoms. The summed E-state index contributed by atoms with van der Waals surface area (Å²) in [6.07, 6.45) is 15.3. The van der Waals surface area contributed by atoms with Crippen LogP contribution in [0.4, 0.5) is 0 Å². The summed E-state index contributed by atoms with van der Waals surface area (Å²) in [6, 6.07) is 0. The highest BCUT2D eigenvalue weighted by Gasteiger charge is 2.22. The number of hydrogen-bond acceptors (Lipinski definition) is 5. The van der Waals surface area contributed by atoms with Crippen molar-refractivity contribution < 1.29 is 12.6 Å². The van der Waals surface area contributed by atoms with Gasteiger partial charge in [0.2, 0.25) is 0 Å². The van der Waals surface area contributed by atoms with E-state index in [1.165, 1.54) is 44.9 Å². The molecule has 0 aromatic heterocycles. The van der Waals surface area contributed by atoms with Crippen LogP contribution in [0.1, 0.15) is 78.1 Å². The third-order valence-corrected chi connectivity index (χ3v) is 5.76. The van der Waals surface area contributed by atoms with Gasteiger partial charge in [-0.1, -0.05) is 64.7 Å². The maximum absolute atomic E-state index is 12.0. The molecule has 5 nitrogen and oxygen atoms in total. The van der Waals surface area contributed by atoms with Crippen LogP contribution in [0.15, 0.2) is 12.4 Å². The summed E-state index contributed by atoms with van der Waals surface area (Å²) in [6.45, 7) is 4.67. The van der Waals surface area contributed by atoms with Crippen molar-refractivity contribution in [2.45, 2.75) is 84.3 Å². The fraction of sp³-hybridized carbons (Fsp3) is 0.889. The first-order chi connectivity index (χ1) is 11.4. The summed E-state index contributed by atoms with van der Waals surface area (Å²) in [5.41, 5.74) is 0. The molecule has 0 radical (unpaired) electrons. The van der Waals surface area contributed by atoms with Crippen LogP contribution in [0.25, 0.3) is 0 Å². The van der Waals surface area contributed by atoms with Gasteiger partial charge in [-0.25, -0.2) is 4.18 Å². The van der Waals surface area contributed by atoms with E-state index in [0.717, 1.165) is 12.8 Å². The average Bonchev–Trinajstić information content (AvgIpc) is 2.95. The topological polar surface area (TPSA) is 49.9 Å². The SMILES string of the molecule is CCCCCCCCCCCCS(=O)(=O)OC(C)N1C=CN(C)C1. The van der Waals surface area contributed by atoms with Gasteiger partial charge in [-0.2, -0.15) is 8.42 Å². The smallest absolute Gasteiger partial charge is 0.269 e. The van der Waals surface area contributed by atoms with Gasteiger partial charge in [0.25, 0.3) is 10.1 Å². The van der Waals surface area contributed by atoms with Crippen LogP contribution in [0.3, 0.4) is 0 Å². The van der Waals surface area contributed by atoms with Gasteiger partial charge in [-0.05, 0) is 13.3 Å². The average molecular weight is 361 g/mol. The summed E-state index contributed by atoms with van der Waals surface area (Å²) < 4.78 is 29.3. The minimum Gasteiger partial charge on any atom is -0.362 e. The van der Waals surface area contributed by atoms with E-state index in [1.54, 1.807) is 6.92 Å². The minimum atomic E-state index is -3.44. The van der Waals surface area contributed by atoms with E-state index in [2.05, 4.69) is 6.92 Å². The molecule has 0 saturated carbocycles. The van der Waals surface area contributed by atoms with Crippen LogP contribution in [-0.2, 0) is 14.3 Å². The second-order valence-electron chi connectivity index (χ2n) is 6.85. The summed E-state index contributed by atoms with van der Waals surface area (Å²) in [5, 5.41) is 0. The van der Waals surface area contributed by atoms with E-state index in [-0.39, 0.29) is 5.75 Å². The lowest BCUT2D eigenvalue weighted by Gasteiger charge is -2.24. The predicted molar refractivity (Wildman–Crippen MR) is 99.8 cm³/mol. The Bertz CT molecular complexity index is 451. The van der Waals surface area contributed by atoms with E-state index in [4.69, 9.17) is 4.18 Å². The number of hydrogen-bond donors (Lipinski definition) is 0. The van der Waals surface area contributed by atoms with E-state index in [9.17, 15) is 8.42 Å². The van der Waals surface area contributed by atoms with Crippen molar-refractivity contribution in [1.82, 2.24) is 9.80 Å². The summed E-state index contributed by atoms with van der Waals surface area (Å²) in [5.74, 6) is 0.126. The van der Waals surface area contributed by atoms with Crippen molar-refractivity contribution in [3.05, 3.63) is 12.4 Å². The predicted octanol–water partition coefficient (Wildman–Crippen LogP) is 4.28. The van der Waals surface area contributed by atoms with Gasteiger partial charge in [0.05, 0.1) is 12.4 Å². The van der Waals surface area contributed by atoms with Gasteiger partial charge < -0.3 is 9.80 Å². The molecule has 0 aromatic carbocycles. The van der Waals surface area contributed by atoms with Crippen molar-refractivity contribution in [3.8, 4) is 0 Å². The van der Waals surface area contributed by atoms with E-state index in [0.29, 0.717) is 13.1 Å². The molecular weight excluding hydrogens is 324 g/mol. The maximum Gasteiger partial charge on any atom is 0.269 e. The summed E-state index contributed by atoms with van der Waals surface area (Å²) in [7, 11) is -1.49. The Kier molecular flexibility index (Phi) is 10.4. The zero-order valence-corrected chi connectivity index (χ0v) is 16.6. The number of rotatable bonds is 14. The number of nitrogens with zero attached hydrogens (tertiary/aromatic N) is 2. The Morgan fingerprint density at radius 1 is 0.958 bits per heavy atom. The van der Waals surface area contributed by atoms with Gasteiger partial charge in [0.1, 0.15) is 6.23 Å². The molecule has 6 heteroatoms. The fourth-order valence-electron chi connectivity index (χ4n) is 2.87. The first-order valence-corrected chi connectivity index (χ1v) is 11.1. The highest BCUT2D eigenvalue weighted by Crippen LogP contribution is 2.14. The zero-order valence-electron chi connectivity index (χ0n) is 15.7. The van der Waals surface area contributed by atoms with Crippen molar-refractivity contribution in [2.24, 2.45) is 0 Å². The maximum atomic E-state index is 12.0. The summed E-state index contributed by atoms with van der Waals surface area (Å²) >= 11 is 0. The Balaban J connectivity index is 2.04. The molecule has 0 aromatic rings. The normalized spacial score (nSPS) is 16.1. The van der Waals surface area contributed by atoms with Gasteiger partial charge in [-0.3, -0.25) is 0 Å². The van der Waals surface area contributed by atoms with Crippen molar-refractivity contribution >= 4 is 10.1 Å².